The van der Waals surface area contributed by atoms with Gasteiger partial charge in [-0.1, -0.05) is 0 Å². The van der Waals surface area contributed by atoms with E-state index >= 15 is 0 Å². The predicted octanol–water partition coefficient (Wildman–Crippen LogP) is 1.66. The van der Waals surface area contributed by atoms with Crippen LogP contribution in [0.2, 0.25) is 0 Å². The van der Waals surface area contributed by atoms with Crippen LogP contribution in [0.5, 0.6) is 0 Å². The Bertz CT molecular complexity index is 495. The van der Waals surface area contributed by atoms with Crippen molar-refractivity contribution < 1.29 is 19.1 Å². The molecule has 1 rings (SSSR count). The van der Waals surface area contributed by atoms with E-state index in [-0.39, 0.29) is 36.7 Å². The molecule has 2 N–H and O–H groups in total. The molecule has 0 saturated carbocycles. The zero-order valence-corrected chi connectivity index (χ0v) is 15.9. The van der Waals surface area contributed by atoms with Gasteiger partial charge in [0, 0.05) is 25.6 Å². The molecule has 0 aromatic heterocycles. The number of alkyl carbamates (subject to hydrolysis) is 1. The summed E-state index contributed by atoms with van der Waals surface area (Å²) in [4.78, 5) is 37.8. The molecule has 3 amide bonds. The Morgan fingerprint density at radius 3 is 2.29 bits per heavy atom. The van der Waals surface area contributed by atoms with Crippen molar-refractivity contribution in [3.8, 4) is 0 Å². The molecule has 1 heterocycles. The third kappa shape index (κ3) is 6.37. The maximum atomic E-state index is 12.4. The Labute approximate surface area is 144 Å². The average Bonchev–Trinajstić information content (AvgIpc) is 2.76. The minimum Gasteiger partial charge on any atom is -0.444 e. The topological polar surface area (TPSA) is 87.7 Å². The fourth-order valence-corrected chi connectivity index (χ4v) is 2.49. The number of amides is 3. The van der Waals surface area contributed by atoms with Crippen molar-refractivity contribution in [1.82, 2.24) is 15.5 Å². The standard InChI is InChI=1S/C17H31N3O4/c1-11(2)20-9-12(8-13(20)21)14(22)19-17(6,7)10-18-15(23)24-16(3,4)5/h11-12H,8-10H2,1-7H3,(H,18,23)(H,19,22)/t12-/m0/s1. The minimum atomic E-state index is -0.637. The number of hydrogen-bond donors (Lipinski definition) is 2. The van der Waals surface area contributed by atoms with E-state index in [0.29, 0.717) is 6.54 Å². The lowest BCUT2D eigenvalue weighted by Crippen LogP contribution is -2.53. The summed E-state index contributed by atoms with van der Waals surface area (Å²) >= 11 is 0. The largest absolute Gasteiger partial charge is 0.444 e. The zero-order valence-electron chi connectivity index (χ0n) is 15.9. The minimum absolute atomic E-state index is 0.00911. The first-order valence-corrected chi connectivity index (χ1v) is 8.39. The van der Waals surface area contributed by atoms with Crippen LogP contribution in [-0.4, -0.2) is 53.1 Å². The average molecular weight is 341 g/mol. The first kappa shape index (κ1) is 20.3. The maximum absolute atomic E-state index is 12.4. The summed E-state index contributed by atoms with van der Waals surface area (Å²) in [5.41, 5.74) is -1.20. The highest BCUT2D eigenvalue weighted by molar-refractivity contribution is 5.89. The molecule has 0 aromatic carbocycles. The molecule has 1 aliphatic heterocycles. The Kier molecular flexibility index (Phi) is 6.25. The number of hydrogen-bond acceptors (Lipinski definition) is 4. The molecule has 0 radical (unpaired) electrons. The van der Waals surface area contributed by atoms with E-state index in [1.807, 2.05) is 27.7 Å². The summed E-state index contributed by atoms with van der Waals surface area (Å²) in [7, 11) is 0. The van der Waals surface area contributed by atoms with E-state index in [0.717, 1.165) is 0 Å². The fourth-order valence-electron chi connectivity index (χ4n) is 2.49. The highest BCUT2D eigenvalue weighted by Crippen LogP contribution is 2.21. The number of nitrogens with zero attached hydrogens (tertiary/aromatic N) is 1. The summed E-state index contributed by atoms with van der Waals surface area (Å²) in [6.45, 7) is 13.6. The fraction of sp³-hybridized carbons (Fsp3) is 0.824. The number of rotatable bonds is 5. The van der Waals surface area contributed by atoms with E-state index < -0.39 is 17.2 Å². The van der Waals surface area contributed by atoms with Crippen LogP contribution in [0.15, 0.2) is 0 Å². The van der Waals surface area contributed by atoms with Crippen molar-refractivity contribution in [2.45, 2.75) is 72.1 Å². The number of carbonyl (C=O) groups is 3. The molecular formula is C17H31N3O4. The van der Waals surface area contributed by atoms with Gasteiger partial charge in [-0.15, -0.1) is 0 Å². The van der Waals surface area contributed by atoms with Crippen LogP contribution in [0.1, 0.15) is 54.9 Å². The molecule has 1 aliphatic rings. The first-order valence-electron chi connectivity index (χ1n) is 8.39. The quantitative estimate of drug-likeness (QED) is 0.796. The zero-order chi connectivity index (χ0) is 18.7. The van der Waals surface area contributed by atoms with Gasteiger partial charge in [-0.3, -0.25) is 9.59 Å². The van der Waals surface area contributed by atoms with Gasteiger partial charge in [0.25, 0.3) is 0 Å². The van der Waals surface area contributed by atoms with Crippen molar-refractivity contribution in [2.75, 3.05) is 13.1 Å². The summed E-state index contributed by atoms with van der Waals surface area (Å²) in [6, 6.07) is 0.0946. The second kappa shape index (κ2) is 7.40. The van der Waals surface area contributed by atoms with E-state index in [2.05, 4.69) is 10.6 Å². The lowest BCUT2D eigenvalue weighted by Gasteiger charge is -2.29. The Hall–Kier alpha value is -1.79. The van der Waals surface area contributed by atoms with Crippen LogP contribution in [0, 0.1) is 5.92 Å². The van der Waals surface area contributed by atoms with Crippen molar-refractivity contribution in [3.05, 3.63) is 0 Å². The highest BCUT2D eigenvalue weighted by atomic mass is 16.6. The smallest absolute Gasteiger partial charge is 0.407 e. The van der Waals surface area contributed by atoms with E-state index in [9.17, 15) is 14.4 Å². The first-order chi connectivity index (χ1) is 10.8. The maximum Gasteiger partial charge on any atom is 0.407 e. The van der Waals surface area contributed by atoms with Gasteiger partial charge < -0.3 is 20.3 Å². The van der Waals surface area contributed by atoms with Crippen LogP contribution in [0.25, 0.3) is 0 Å². The van der Waals surface area contributed by atoms with E-state index in [1.165, 1.54) is 0 Å². The van der Waals surface area contributed by atoms with Crippen molar-refractivity contribution in [3.63, 3.8) is 0 Å². The molecule has 0 aromatic rings. The molecule has 138 valence electrons. The Balaban J connectivity index is 2.50. The lowest BCUT2D eigenvalue weighted by atomic mass is 10.0. The molecule has 1 saturated heterocycles. The molecule has 0 unspecified atom stereocenters. The molecule has 1 fully saturated rings. The second-order valence-electron chi connectivity index (χ2n) is 8.27. The molecule has 0 aliphatic carbocycles. The van der Waals surface area contributed by atoms with Gasteiger partial charge in [0.05, 0.1) is 11.5 Å². The molecule has 7 heteroatoms. The molecule has 1 atom stereocenters. The number of carbonyl (C=O) groups excluding carboxylic acids is 3. The monoisotopic (exact) mass is 341 g/mol. The third-order valence-electron chi connectivity index (χ3n) is 3.69. The van der Waals surface area contributed by atoms with Crippen LogP contribution in [-0.2, 0) is 14.3 Å². The van der Waals surface area contributed by atoms with Crippen molar-refractivity contribution in [2.24, 2.45) is 5.92 Å². The van der Waals surface area contributed by atoms with Gasteiger partial charge >= 0.3 is 6.09 Å². The number of likely N-dealkylation sites (tertiary alicyclic amines) is 1. The molecule has 7 nitrogen and oxygen atoms in total. The van der Waals surface area contributed by atoms with Crippen molar-refractivity contribution in [1.29, 1.82) is 0 Å². The second-order valence-corrected chi connectivity index (χ2v) is 8.27. The van der Waals surface area contributed by atoms with Gasteiger partial charge in [-0.25, -0.2) is 4.79 Å². The van der Waals surface area contributed by atoms with Gasteiger partial charge in [0.1, 0.15) is 5.60 Å². The Morgan fingerprint density at radius 1 is 1.25 bits per heavy atom. The summed E-state index contributed by atoms with van der Waals surface area (Å²) in [5, 5.41) is 5.57. The van der Waals surface area contributed by atoms with Gasteiger partial charge in [0.2, 0.25) is 11.8 Å². The lowest BCUT2D eigenvalue weighted by molar-refractivity contribution is -0.130. The highest BCUT2D eigenvalue weighted by Gasteiger charge is 2.37. The van der Waals surface area contributed by atoms with Crippen molar-refractivity contribution >= 4 is 17.9 Å². The number of nitrogens with one attached hydrogen (secondary N) is 2. The molecule has 0 spiro atoms. The number of ether oxygens (including phenoxy) is 1. The molecule has 24 heavy (non-hydrogen) atoms. The van der Waals surface area contributed by atoms with Crippen LogP contribution in [0.4, 0.5) is 4.79 Å². The van der Waals surface area contributed by atoms with Gasteiger partial charge in [-0.2, -0.15) is 0 Å². The summed E-state index contributed by atoms with van der Waals surface area (Å²) < 4.78 is 5.18. The third-order valence-corrected chi connectivity index (χ3v) is 3.69. The molecular weight excluding hydrogens is 310 g/mol. The van der Waals surface area contributed by atoms with Crippen LogP contribution in [0.3, 0.4) is 0 Å². The predicted molar refractivity (Wildman–Crippen MR) is 91.4 cm³/mol. The van der Waals surface area contributed by atoms with Crippen LogP contribution < -0.4 is 10.6 Å². The summed E-state index contributed by atoms with van der Waals surface area (Å²) in [6.07, 6.45) is -0.286. The molecule has 0 bridgehead atoms. The van der Waals surface area contributed by atoms with E-state index in [1.54, 1.807) is 25.7 Å². The Morgan fingerprint density at radius 2 is 1.83 bits per heavy atom. The normalized spacial score (nSPS) is 18.8. The van der Waals surface area contributed by atoms with E-state index in [4.69, 9.17) is 4.74 Å². The summed E-state index contributed by atoms with van der Waals surface area (Å²) in [5.74, 6) is -0.502. The SMILES string of the molecule is CC(C)N1C[C@@H](C(=O)NC(C)(C)CNC(=O)OC(C)(C)C)CC1=O. The van der Waals surface area contributed by atoms with Gasteiger partial charge in [-0.05, 0) is 48.5 Å². The van der Waals surface area contributed by atoms with Gasteiger partial charge in [0.15, 0.2) is 0 Å². The van der Waals surface area contributed by atoms with Crippen LogP contribution >= 0.6 is 0 Å².